The Kier molecular flexibility index (Phi) is 7.12. The minimum Gasteiger partial charge on any atom is -0.354 e. The molecule has 8 rings (SSSR count). The standard InChI is InChI=1S/C44H37N5/c1-24-19-26(3)40(27(4)20-24)43-36-13-11-32(46-36)33-12-14-37(47-33)44(41-28(5)21-25(2)22-29(41)6)39-18-16-35(49-39)42(34-15-17-38(43)48-34)31-9-7-30(23-45)8-10-31/h7-22,46,48-49H,1-6H3. The topological polar surface area (TPSA) is 84.0 Å². The van der Waals surface area contributed by atoms with Gasteiger partial charge in [-0.2, -0.15) is 5.26 Å². The number of rotatable bonds is 3. The van der Waals surface area contributed by atoms with E-state index in [0.717, 1.165) is 66.7 Å². The maximum absolute atomic E-state index is 9.57. The van der Waals surface area contributed by atoms with Crippen LogP contribution in [0, 0.1) is 52.9 Å². The van der Waals surface area contributed by atoms with E-state index in [-0.39, 0.29) is 0 Å². The van der Waals surface area contributed by atoms with Crippen molar-refractivity contribution in [1.82, 2.24) is 19.9 Å². The van der Waals surface area contributed by atoms with Crippen molar-refractivity contribution in [3.05, 3.63) is 135 Å². The van der Waals surface area contributed by atoms with Gasteiger partial charge in [0.05, 0.1) is 28.5 Å². The highest BCUT2D eigenvalue weighted by Gasteiger charge is 2.18. The molecule has 3 aromatic carbocycles. The molecule has 0 atom stereocenters. The van der Waals surface area contributed by atoms with Gasteiger partial charge in [-0.15, -0.1) is 0 Å². The van der Waals surface area contributed by atoms with Crippen LogP contribution >= 0.6 is 0 Å². The molecule has 49 heavy (non-hydrogen) atoms. The van der Waals surface area contributed by atoms with Gasteiger partial charge < -0.3 is 15.0 Å². The third kappa shape index (κ3) is 5.14. The van der Waals surface area contributed by atoms with E-state index < -0.39 is 0 Å². The number of aryl methyl sites for hydroxylation is 6. The van der Waals surface area contributed by atoms with Gasteiger partial charge in [-0.25, -0.2) is 4.98 Å². The molecule has 0 amide bonds. The maximum Gasteiger partial charge on any atom is 0.0991 e. The van der Waals surface area contributed by atoms with Gasteiger partial charge >= 0.3 is 0 Å². The molecule has 0 radical (unpaired) electrons. The second kappa shape index (κ2) is 11.5. The smallest absolute Gasteiger partial charge is 0.0991 e. The molecule has 0 fully saturated rings. The summed E-state index contributed by atoms with van der Waals surface area (Å²) in [4.78, 5) is 16.7. The molecule has 238 valence electrons. The summed E-state index contributed by atoms with van der Waals surface area (Å²) < 4.78 is 0. The summed E-state index contributed by atoms with van der Waals surface area (Å²) in [5.74, 6) is 0. The molecule has 5 heteroatoms. The van der Waals surface area contributed by atoms with Crippen LogP contribution in [0.3, 0.4) is 0 Å². The third-order valence-electron chi connectivity index (χ3n) is 9.73. The molecule has 0 unspecified atom stereocenters. The zero-order valence-electron chi connectivity index (χ0n) is 28.6. The van der Waals surface area contributed by atoms with E-state index in [1.165, 1.54) is 44.5 Å². The van der Waals surface area contributed by atoms with Crippen LogP contribution in [0.2, 0.25) is 0 Å². The highest BCUT2D eigenvalue weighted by molar-refractivity contribution is 6.01. The Morgan fingerprint density at radius 2 is 0.857 bits per heavy atom. The Morgan fingerprint density at radius 1 is 0.449 bits per heavy atom. The second-order valence-corrected chi connectivity index (χ2v) is 13.4. The maximum atomic E-state index is 9.57. The van der Waals surface area contributed by atoms with E-state index in [9.17, 15) is 5.26 Å². The van der Waals surface area contributed by atoms with E-state index in [1.54, 1.807) is 0 Å². The molecule has 7 aromatic rings. The van der Waals surface area contributed by atoms with E-state index in [2.05, 4.69) is 135 Å². The quantitative estimate of drug-likeness (QED) is 0.180. The molecule has 5 nitrogen and oxygen atoms in total. The van der Waals surface area contributed by atoms with Crippen molar-refractivity contribution in [3.8, 4) is 39.4 Å². The van der Waals surface area contributed by atoms with Gasteiger partial charge in [0.1, 0.15) is 0 Å². The summed E-state index contributed by atoms with van der Waals surface area (Å²) in [5.41, 5.74) is 22.3. The van der Waals surface area contributed by atoms with Gasteiger partial charge in [-0.05, 0) is 141 Å². The van der Waals surface area contributed by atoms with E-state index in [1.807, 2.05) is 24.3 Å². The van der Waals surface area contributed by atoms with E-state index >= 15 is 0 Å². The lowest BCUT2D eigenvalue weighted by Crippen LogP contribution is -1.93. The minimum absolute atomic E-state index is 0.628. The average molecular weight is 636 g/mol. The Balaban J connectivity index is 1.58. The van der Waals surface area contributed by atoms with Crippen molar-refractivity contribution >= 4 is 45.3 Å². The molecule has 5 heterocycles. The lowest BCUT2D eigenvalue weighted by molar-refractivity contribution is 1.29. The fourth-order valence-corrected chi connectivity index (χ4v) is 7.85. The number of aromatic nitrogens is 4. The number of nitrogens with one attached hydrogen (secondary N) is 3. The van der Waals surface area contributed by atoms with Crippen LogP contribution in [-0.2, 0) is 0 Å². The Hall–Kier alpha value is -6.12. The molecule has 4 aromatic heterocycles. The van der Waals surface area contributed by atoms with Crippen LogP contribution < -0.4 is 0 Å². The molecule has 8 bridgehead atoms. The predicted octanol–water partition coefficient (Wildman–Crippen LogP) is 11.4. The van der Waals surface area contributed by atoms with Gasteiger partial charge in [-0.1, -0.05) is 47.5 Å². The Morgan fingerprint density at radius 3 is 1.37 bits per heavy atom. The van der Waals surface area contributed by atoms with Crippen molar-refractivity contribution in [3.63, 3.8) is 0 Å². The van der Waals surface area contributed by atoms with E-state index in [0.29, 0.717) is 5.56 Å². The van der Waals surface area contributed by atoms with Crippen LogP contribution in [-0.4, -0.2) is 19.9 Å². The zero-order valence-corrected chi connectivity index (χ0v) is 28.6. The minimum atomic E-state index is 0.628. The number of aromatic amines is 3. The van der Waals surface area contributed by atoms with Crippen molar-refractivity contribution < 1.29 is 0 Å². The van der Waals surface area contributed by atoms with E-state index in [4.69, 9.17) is 4.98 Å². The average Bonchev–Trinajstić information content (AvgIpc) is 3.89. The van der Waals surface area contributed by atoms with Gasteiger partial charge in [0.15, 0.2) is 0 Å². The number of nitrogens with zero attached hydrogens (tertiary/aromatic N) is 2. The molecule has 0 aliphatic carbocycles. The van der Waals surface area contributed by atoms with Crippen LogP contribution in [0.1, 0.15) is 50.3 Å². The normalized spacial score (nSPS) is 11.8. The van der Waals surface area contributed by atoms with Crippen molar-refractivity contribution in [2.45, 2.75) is 41.5 Å². The molecule has 0 saturated carbocycles. The number of benzene rings is 3. The number of fused-ring (bicyclic) bond motifs is 9. The first kappa shape index (κ1) is 30.2. The van der Waals surface area contributed by atoms with Gasteiger partial charge in [0.2, 0.25) is 0 Å². The number of nitriles is 1. The third-order valence-corrected chi connectivity index (χ3v) is 9.73. The first-order valence-electron chi connectivity index (χ1n) is 16.7. The monoisotopic (exact) mass is 635 g/mol. The largest absolute Gasteiger partial charge is 0.354 e. The summed E-state index contributed by atoms with van der Waals surface area (Å²) in [5, 5.41) is 9.57. The van der Waals surface area contributed by atoms with Crippen molar-refractivity contribution in [2.75, 3.05) is 0 Å². The van der Waals surface area contributed by atoms with Gasteiger partial charge in [0, 0.05) is 44.3 Å². The number of hydrogen-bond donors (Lipinski definition) is 3. The van der Waals surface area contributed by atoms with Crippen LogP contribution in [0.25, 0.3) is 78.6 Å². The number of H-pyrrole nitrogens is 3. The van der Waals surface area contributed by atoms with Crippen LogP contribution in [0.15, 0.2) is 84.9 Å². The zero-order chi connectivity index (χ0) is 34.0. The van der Waals surface area contributed by atoms with Crippen LogP contribution in [0.5, 0.6) is 0 Å². The first-order valence-corrected chi connectivity index (χ1v) is 16.7. The lowest BCUT2D eigenvalue weighted by atomic mass is 9.92. The molecular weight excluding hydrogens is 599 g/mol. The fraction of sp³-hybridized carbons (Fsp3) is 0.136. The highest BCUT2D eigenvalue weighted by Crippen LogP contribution is 2.39. The summed E-state index contributed by atoms with van der Waals surface area (Å²) >= 11 is 0. The molecule has 1 aliphatic rings. The van der Waals surface area contributed by atoms with Crippen molar-refractivity contribution in [1.29, 1.82) is 5.26 Å². The number of hydrogen-bond acceptors (Lipinski definition) is 2. The molecule has 0 spiro atoms. The fourth-order valence-electron chi connectivity index (χ4n) is 7.85. The van der Waals surface area contributed by atoms with Crippen LogP contribution in [0.4, 0.5) is 0 Å². The molecule has 1 aliphatic heterocycles. The summed E-state index contributed by atoms with van der Waals surface area (Å²) in [6.07, 6.45) is 4.25. The van der Waals surface area contributed by atoms with Gasteiger partial charge in [0.25, 0.3) is 0 Å². The summed E-state index contributed by atoms with van der Waals surface area (Å²) in [6.45, 7) is 13.1. The van der Waals surface area contributed by atoms with Gasteiger partial charge in [-0.3, -0.25) is 0 Å². The highest BCUT2D eigenvalue weighted by atomic mass is 14.8. The molecule has 0 saturated heterocycles. The first-order chi connectivity index (χ1) is 23.7. The lowest BCUT2D eigenvalue weighted by Gasteiger charge is -2.13. The SMILES string of the molecule is Cc1cc(C)c(-c2c3nc(c4ccc([nH]4)c(-c4c(C)cc(C)cc4C)c4ccc([nH]4)c(-c4ccc(C#N)cc4)c4ccc2[nH]4)C=C3)c(C)c1. The summed E-state index contributed by atoms with van der Waals surface area (Å²) in [6, 6.07) is 32.1. The van der Waals surface area contributed by atoms with Crippen molar-refractivity contribution in [2.24, 2.45) is 0 Å². The Labute approximate surface area is 286 Å². The summed E-state index contributed by atoms with van der Waals surface area (Å²) in [7, 11) is 0. The second-order valence-electron chi connectivity index (χ2n) is 13.4. The molecule has 3 N–H and O–H groups in total. The molecular formula is C44H37N5. The predicted molar refractivity (Wildman–Crippen MR) is 205 cm³/mol. The Bertz CT molecular complexity index is 2620.